The molecular formula is C28H21FN4O4S2. The van der Waals surface area contributed by atoms with E-state index in [9.17, 15) is 23.6 Å². The molecule has 2 aliphatic rings. The summed E-state index contributed by atoms with van der Waals surface area (Å²) in [5.41, 5.74) is 2.63. The van der Waals surface area contributed by atoms with Crippen molar-refractivity contribution in [3.05, 3.63) is 105 Å². The van der Waals surface area contributed by atoms with Crippen LogP contribution in [0.3, 0.4) is 0 Å². The Bertz CT molecular complexity index is 1650. The summed E-state index contributed by atoms with van der Waals surface area (Å²) >= 11 is 2.09. The zero-order valence-corrected chi connectivity index (χ0v) is 22.2. The van der Waals surface area contributed by atoms with E-state index in [1.165, 1.54) is 28.8 Å². The lowest BCUT2D eigenvalue weighted by Crippen LogP contribution is -2.33. The number of benzene rings is 2. The van der Waals surface area contributed by atoms with Crippen LogP contribution in [-0.4, -0.2) is 32.5 Å². The minimum absolute atomic E-state index is 0.244. The highest BCUT2D eigenvalue weighted by molar-refractivity contribution is 8.00. The first-order valence-corrected chi connectivity index (χ1v) is 13.8. The molecule has 2 aliphatic heterocycles. The summed E-state index contributed by atoms with van der Waals surface area (Å²) in [4.78, 5) is 59.1. The fourth-order valence-electron chi connectivity index (χ4n) is 5.00. The van der Waals surface area contributed by atoms with Gasteiger partial charge >= 0.3 is 4.87 Å². The van der Waals surface area contributed by atoms with E-state index in [1.54, 1.807) is 30.6 Å². The number of hydrogen-bond acceptors (Lipinski definition) is 7. The SMILES string of the molecule is Cc1ccc(NC(=O)Cn2c3c(sc2=O)[C@@H](c2cccnc2)[C@@H]2C(=O)N(c4ccc(F)cc4)C(=O)[C@@H]2S3)cc1. The monoisotopic (exact) mass is 560 g/mol. The number of nitrogens with zero attached hydrogens (tertiary/aromatic N) is 3. The number of thiazole rings is 1. The fraction of sp³-hybridized carbons (Fsp3) is 0.179. The minimum atomic E-state index is -0.833. The summed E-state index contributed by atoms with van der Waals surface area (Å²) in [7, 11) is 0. The van der Waals surface area contributed by atoms with Crippen LogP contribution >= 0.6 is 23.1 Å². The number of carbonyl (C=O) groups is 3. The molecule has 39 heavy (non-hydrogen) atoms. The van der Waals surface area contributed by atoms with E-state index in [0.717, 1.165) is 33.6 Å². The van der Waals surface area contributed by atoms with Crippen LogP contribution in [0.1, 0.15) is 21.9 Å². The van der Waals surface area contributed by atoms with Gasteiger partial charge in [-0.3, -0.25) is 28.7 Å². The van der Waals surface area contributed by atoms with Crippen molar-refractivity contribution < 1.29 is 18.8 Å². The number of fused-ring (bicyclic) bond motifs is 2. The largest absolute Gasteiger partial charge is 0.325 e. The molecule has 0 aliphatic carbocycles. The van der Waals surface area contributed by atoms with Gasteiger partial charge in [-0.05, 0) is 55.0 Å². The summed E-state index contributed by atoms with van der Waals surface area (Å²) in [6, 6.07) is 16.0. The van der Waals surface area contributed by atoms with E-state index < -0.39 is 34.7 Å². The number of thioether (sulfide) groups is 1. The fourth-order valence-corrected chi connectivity index (χ4v) is 7.77. The topological polar surface area (TPSA) is 101 Å². The highest BCUT2D eigenvalue weighted by atomic mass is 32.2. The predicted octanol–water partition coefficient (Wildman–Crippen LogP) is 4.19. The Morgan fingerprint density at radius 1 is 1.03 bits per heavy atom. The molecule has 6 rings (SSSR count). The third-order valence-electron chi connectivity index (χ3n) is 6.81. The van der Waals surface area contributed by atoms with Gasteiger partial charge in [-0.1, -0.05) is 46.9 Å². The molecule has 3 amide bonds. The maximum absolute atomic E-state index is 13.8. The smallest absolute Gasteiger partial charge is 0.308 e. The lowest BCUT2D eigenvalue weighted by molar-refractivity contribution is -0.122. The molecule has 2 aromatic heterocycles. The molecule has 8 nitrogen and oxygen atoms in total. The highest BCUT2D eigenvalue weighted by Gasteiger charge is 2.56. The first kappa shape index (κ1) is 25.2. The molecule has 0 spiro atoms. The average Bonchev–Trinajstić information content (AvgIpc) is 3.37. The Morgan fingerprint density at radius 2 is 1.77 bits per heavy atom. The Labute approximate surface area is 230 Å². The molecule has 11 heteroatoms. The molecule has 1 saturated heterocycles. The Kier molecular flexibility index (Phi) is 6.40. The second-order valence-electron chi connectivity index (χ2n) is 9.35. The van der Waals surface area contributed by atoms with Crippen LogP contribution in [0.5, 0.6) is 0 Å². The number of carbonyl (C=O) groups excluding carboxylic acids is 3. The van der Waals surface area contributed by atoms with Gasteiger partial charge in [0.15, 0.2) is 0 Å². The van der Waals surface area contributed by atoms with Gasteiger partial charge in [0.2, 0.25) is 17.7 Å². The maximum Gasteiger partial charge on any atom is 0.308 e. The molecule has 1 fully saturated rings. The molecule has 196 valence electrons. The molecule has 4 aromatic rings. The van der Waals surface area contributed by atoms with E-state index in [1.807, 2.05) is 25.1 Å². The number of aryl methyl sites for hydroxylation is 1. The number of nitrogens with one attached hydrogen (secondary N) is 1. The number of amides is 3. The van der Waals surface area contributed by atoms with Gasteiger partial charge in [-0.25, -0.2) is 9.29 Å². The zero-order valence-electron chi connectivity index (χ0n) is 20.5. The van der Waals surface area contributed by atoms with Crippen molar-refractivity contribution in [3.8, 4) is 0 Å². The summed E-state index contributed by atoms with van der Waals surface area (Å²) in [5.74, 6) is -3.14. The van der Waals surface area contributed by atoms with Crippen LogP contribution in [0.15, 0.2) is 82.9 Å². The summed E-state index contributed by atoms with van der Waals surface area (Å²) < 4.78 is 14.9. The number of rotatable bonds is 5. The molecule has 1 N–H and O–H groups in total. The van der Waals surface area contributed by atoms with E-state index >= 15 is 0 Å². The average molecular weight is 561 g/mol. The summed E-state index contributed by atoms with van der Waals surface area (Å²) in [6.45, 7) is 1.70. The predicted molar refractivity (Wildman–Crippen MR) is 146 cm³/mol. The van der Waals surface area contributed by atoms with Crippen LogP contribution < -0.4 is 15.1 Å². The van der Waals surface area contributed by atoms with Crippen molar-refractivity contribution in [2.45, 2.75) is 29.7 Å². The van der Waals surface area contributed by atoms with Crippen molar-refractivity contribution >= 4 is 52.2 Å². The van der Waals surface area contributed by atoms with E-state index in [0.29, 0.717) is 21.2 Å². The normalized spacial score (nSPS) is 20.1. The standard InChI is InChI=1S/C28H21FN4O4S2/c1-15-4-8-18(9-5-15)31-20(34)14-32-27-24(39-28(32)37)21(16-3-2-12-30-13-16)22-23(38-27)26(36)33(25(22)35)19-10-6-17(29)7-11-19/h2-13,21-23H,14H2,1H3,(H,31,34)/t21-,22-,23+/m0/s1. The third-order valence-corrected chi connectivity index (χ3v) is 9.42. The lowest BCUT2D eigenvalue weighted by atomic mass is 9.84. The van der Waals surface area contributed by atoms with Gasteiger partial charge in [0.1, 0.15) is 17.6 Å². The van der Waals surface area contributed by atoms with Crippen molar-refractivity contribution in [2.75, 3.05) is 10.2 Å². The number of anilines is 2. The van der Waals surface area contributed by atoms with E-state index in [4.69, 9.17) is 0 Å². The Balaban J connectivity index is 1.39. The Morgan fingerprint density at radius 3 is 2.46 bits per heavy atom. The van der Waals surface area contributed by atoms with E-state index in [2.05, 4.69) is 10.3 Å². The first-order valence-electron chi connectivity index (χ1n) is 12.1. The highest BCUT2D eigenvalue weighted by Crippen LogP contribution is 2.53. The quantitative estimate of drug-likeness (QED) is 0.368. The molecule has 2 aromatic carbocycles. The second-order valence-corrected chi connectivity index (χ2v) is 11.5. The van der Waals surface area contributed by atoms with Gasteiger partial charge in [-0.15, -0.1) is 0 Å². The zero-order chi connectivity index (χ0) is 27.3. The van der Waals surface area contributed by atoms with Gasteiger partial charge in [-0.2, -0.15) is 0 Å². The molecular weight excluding hydrogens is 539 g/mol. The van der Waals surface area contributed by atoms with Crippen LogP contribution in [-0.2, 0) is 20.9 Å². The summed E-state index contributed by atoms with van der Waals surface area (Å²) in [6.07, 6.45) is 3.23. The van der Waals surface area contributed by atoms with Crippen LogP contribution in [0, 0.1) is 18.7 Å². The molecule has 3 atom stereocenters. The van der Waals surface area contributed by atoms with E-state index in [-0.39, 0.29) is 23.0 Å². The van der Waals surface area contributed by atoms with Gasteiger partial charge in [0.05, 0.1) is 16.6 Å². The molecule has 0 bridgehead atoms. The summed E-state index contributed by atoms with van der Waals surface area (Å²) in [5, 5.41) is 2.46. The minimum Gasteiger partial charge on any atom is -0.325 e. The van der Waals surface area contributed by atoms with Crippen molar-refractivity contribution in [2.24, 2.45) is 5.92 Å². The van der Waals surface area contributed by atoms with Crippen LogP contribution in [0.2, 0.25) is 0 Å². The number of hydrogen-bond donors (Lipinski definition) is 1. The third kappa shape index (κ3) is 4.47. The first-order chi connectivity index (χ1) is 18.8. The van der Waals surface area contributed by atoms with Gasteiger partial charge in [0.25, 0.3) is 0 Å². The van der Waals surface area contributed by atoms with Gasteiger partial charge < -0.3 is 5.32 Å². The van der Waals surface area contributed by atoms with Crippen molar-refractivity contribution in [1.29, 1.82) is 0 Å². The molecule has 0 saturated carbocycles. The lowest BCUT2D eigenvalue weighted by Gasteiger charge is -2.30. The number of pyridine rings is 1. The van der Waals surface area contributed by atoms with Crippen molar-refractivity contribution in [1.82, 2.24) is 9.55 Å². The second kappa shape index (κ2) is 9.90. The number of imide groups is 1. The molecule has 0 unspecified atom stereocenters. The maximum atomic E-state index is 13.8. The molecule has 4 heterocycles. The van der Waals surface area contributed by atoms with Gasteiger partial charge in [0, 0.05) is 28.9 Å². The van der Waals surface area contributed by atoms with Crippen LogP contribution in [0.4, 0.5) is 15.8 Å². The number of aromatic nitrogens is 2. The molecule has 0 radical (unpaired) electrons. The van der Waals surface area contributed by atoms with Crippen molar-refractivity contribution in [3.63, 3.8) is 0 Å². The number of halogens is 1. The Hall–Kier alpha value is -4.09. The van der Waals surface area contributed by atoms with Crippen LogP contribution in [0.25, 0.3) is 0 Å².